The lowest BCUT2D eigenvalue weighted by atomic mass is 9.87. The molecule has 6 N–H and O–H groups in total. The molecule has 0 bridgehead atoms. The topological polar surface area (TPSA) is 109 Å². The van der Waals surface area contributed by atoms with E-state index in [1.807, 2.05) is 0 Å². The van der Waals surface area contributed by atoms with Gasteiger partial charge in [-0.25, -0.2) is 9.97 Å². The van der Waals surface area contributed by atoms with Crippen molar-refractivity contribution in [1.29, 1.82) is 0 Å². The number of rotatable bonds is 3. The van der Waals surface area contributed by atoms with E-state index < -0.39 is 0 Å². The fourth-order valence-corrected chi connectivity index (χ4v) is 5.72. The number of fused-ring (bicyclic) bond motifs is 6. The van der Waals surface area contributed by atoms with Crippen LogP contribution in [0.4, 0.5) is 0 Å². The Hall–Kier alpha value is -3.22. The van der Waals surface area contributed by atoms with Crippen LogP contribution >= 0.6 is 0 Å². The molecule has 0 radical (unpaired) electrons. The van der Waals surface area contributed by atoms with E-state index in [0.29, 0.717) is 0 Å². The maximum absolute atomic E-state index is 6.52. The molecule has 2 heterocycles. The third-order valence-corrected chi connectivity index (χ3v) is 8.39. The first-order valence-electron chi connectivity index (χ1n) is 13.9. The Morgan fingerprint density at radius 2 is 1.03 bits per heavy atom. The number of aromatic amines is 2. The fraction of sp³-hybridized carbons (Fsp3) is 0.438. The summed E-state index contributed by atoms with van der Waals surface area (Å²) in [5.74, 6) is 1.77. The normalized spacial score (nSPS) is 16.3. The minimum atomic E-state index is -0.123. The first kappa shape index (κ1) is 25.1. The second kappa shape index (κ2) is 8.65. The summed E-state index contributed by atoms with van der Waals surface area (Å²) in [6.07, 6.45) is 3.92. The third-order valence-electron chi connectivity index (χ3n) is 8.39. The first-order valence-corrected chi connectivity index (χ1v) is 13.9. The average Bonchev–Trinajstić information content (AvgIpc) is 3.50. The van der Waals surface area contributed by atoms with Gasteiger partial charge in [0.05, 0.1) is 23.5 Å². The van der Waals surface area contributed by atoms with Gasteiger partial charge < -0.3 is 21.4 Å². The second-order valence-corrected chi connectivity index (χ2v) is 13.3. The quantitative estimate of drug-likeness (QED) is 0.256. The van der Waals surface area contributed by atoms with Crippen LogP contribution in [0, 0.1) is 10.8 Å². The van der Waals surface area contributed by atoms with Crippen LogP contribution in [0.15, 0.2) is 36.4 Å². The van der Waals surface area contributed by atoms with Gasteiger partial charge in [0.2, 0.25) is 0 Å². The lowest BCUT2D eigenvalue weighted by Gasteiger charge is -2.25. The zero-order valence-electron chi connectivity index (χ0n) is 23.5. The lowest BCUT2D eigenvalue weighted by molar-refractivity contribution is 0.316. The van der Waals surface area contributed by atoms with Gasteiger partial charge in [0.15, 0.2) is 0 Å². The lowest BCUT2D eigenvalue weighted by Crippen LogP contribution is -2.27. The van der Waals surface area contributed by atoms with E-state index in [0.717, 1.165) is 48.7 Å². The zero-order chi connectivity index (χ0) is 27.0. The third kappa shape index (κ3) is 4.20. The van der Waals surface area contributed by atoms with E-state index >= 15 is 0 Å². The average molecular weight is 509 g/mol. The number of aryl methyl sites for hydroxylation is 4. The van der Waals surface area contributed by atoms with Gasteiger partial charge >= 0.3 is 0 Å². The van der Waals surface area contributed by atoms with E-state index in [2.05, 4.69) is 87.9 Å². The van der Waals surface area contributed by atoms with Crippen LogP contribution in [-0.4, -0.2) is 19.9 Å². The number of nitrogens with two attached hydrogens (primary N) is 2. The molecule has 6 heteroatoms. The molecule has 0 saturated heterocycles. The van der Waals surface area contributed by atoms with E-state index in [9.17, 15) is 0 Å². The molecule has 2 aromatic carbocycles. The summed E-state index contributed by atoms with van der Waals surface area (Å²) < 4.78 is 0. The predicted octanol–water partition coefficient (Wildman–Crippen LogP) is 6.42. The molecular formula is C32H40N6. The summed E-state index contributed by atoms with van der Waals surface area (Å²) in [5.41, 5.74) is 25.1. The molecule has 0 fully saturated rings. The highest BCUT2D eigenvalue weighted by atomic mass is 15.0. The van der Waals surface area contributed by atoms with Crippen molar-refractivity contribution in [3.63, 3.8) is 0 Å². The number of nitrogens with one attached hydrogen (secondary N) is 2. The van der Waals surface area contributed by atoms with E-state index in [1.54, 1.807) is 0 Å². The van der Waals surface area contributed by atoms with Crippen molar-refractivity contribution in [3.05, 3.63) is 70.6 Å². The minimum Gasteiger partial charge on any atom is -0.344 e. The summed E-state index contributed by atoms with van der Waals surface area (Å²) in [4.78, 5) is 17.0. The molecule has 6 rings (SSSR count). The molecule has 2 aromatic heterocycles. The summed E-state index contributed by atoms with van der Waals surface area (Å²) >= 11 is 0. The number of benzene rings is 2. The van der Waals surface area contributed by atoms with Crippen molar-refractivity contribution in [2.45, 2.75) is 79.3 Å². The number of H-pyrrole nitrogens is 2. The Labute approximate surface area is 225 Å². The van der Waals surface area contributed by atoms with Crippen molar-refractivity contribution in [2.24, 2.45) is 22.3 Å². The molecule has 1 unspecified atom stereocenters. The molecule has 6 nitrogen and oxygen atoms in total. The van der Waals surface area contributed by atoms with Crippen LogP contribution in [0.5, 0.6) is 0 Å². The Bertz CT molecular complexity index is 1410. The molecule has 0 amide bonds. The zero-order valence-corrected chi connectivity index (χ0v) is 23.5. The predicted molar refractivity (Wildman–Crippen MR) is 155 cm³/mol. The Kier molecular flexibility index (Phi) is 5.71. The van der Waals surface area contributed by atoms with Gasteiger partial charge in [0, 0.05) is 22.5 Å². The molecule has 38 heavy (non-hydrogen) atoms. The Balaban J connectivity index is 1.31. The van der Waals surface area contributed by atoms with Gasteiger partial charge in [0.25, 0.3) is 0 Å². The van der Waals surface area contributed by atoms with Crippen LogP contribution in [0.2, 0.25) is 0 Å². The van der Waals surface area contributed by atoms with Crippen molar-refractivity contribution >= 4 is 0 Å². The summed E-state index contributed by atoms with van der Waals surface area (Å²) in [7, 11) is 0. The van der Waals surface area contributed by atoms with Gasteiger partial charge in [-0.3, -0.25) is 0 Å². The molecule has 4 aromatic rings. The standard InChI is InChI=1S/C32H40N6/c1-31(2,3)27(33)29-35-23-13-9-19-15-17(7-11-21(19)25(23)37-29)18-8-12-22-20(16-18)10-14-24-26(22)38-30(36-24)28(34)32(4,5)6/h7-8,11-12,15-16,27-28H,9-10,13-14,33-34H2,1-6H3,(H,35,37)(H,36,38)/t27-,28?/m1/s1. The van der Waals surface area contributed by atoms with E-state index in [1.165, 1.54) is 44.8 Å². The number of imidazole rings is 2. The van der Waals surface area contributed by atoms with Gasteiger partial charge in [-0.15, -0.1) is 0 Å². The van der Waals surface area contributed by atoms with Crippen LogP contribution < -0.4 is 11.5 Å². The van der Waals surface area contributed by atoms with Crippen LogP contribution in [0.1, 0.15) is 87.8 Å². The molecule has 198 valence electrons. The monoisotopic (exact) mass is 508 g/mol. The fourth-order valence-electron chi connectivity index (χ4n) is 5.72. The van der Waals surface area contributed by atoms with Gasteiger partial charge in [-0.2, -0.15) is 0 Å². The van der Waals surface area contributed by atoms with Crippen molar-refractivity contribution < 1.29 is 0 Å². The molecule has 2 aliphatic rings. The van der Waals surface area contributed by atoms with Crippen LogP contribution in [0.3, 0.4) is 0 Å². The highest BCUT2D eigenvalue weighted by molar-refractivity contribution is 5.78. The maximum atomic E-state index is 6.52. The summed E-state index contributed by atoms with van der Waals surface area (Å²) in [6, 6.07) is 13.4. The van der Waals surface area contributed by atoms with Gasteiger partial charge in [0.1, 0.15) is 11.6 Å². The summed E-state index contributed by atoms with van der Waals surface area (Å²) in [5, 5.41) is 0. The van der Waals surface area contributed by atoms with Crippen LogP contribution in [-0.2, 0) is 25.7 Å². The van der Waals surface area contributed by atoms with Gasteiger partial charge in [-0.1, -0.05) is 77.9 Å². The van der Waals surface area contributed by atoms with Crippen molar-refractivity contribution in [2.75, 3.05) is 0 Å². The molecule has 0 saturated carbocycles. The van der Waals surface area contributed by atoms with Crippen LogP contribution in [0.25, 0.3) is 33.6 Å². The molecule has 2 atom stereocenters. The Morgan fingerprint density at radius 1 is 0.632 bits per heavy atom. The Morgan fingerprint density at radius 3 is 1.39 bits per heavy atom. The highest BCUT2D eigenvalue weighted by Gasteiger charge is 2.30. The largest absolute Gasteiger partial charge is 0.344 e. The number of aromatic nitrogens is 4. The molecule has 2 aliphatic carbocycles. The minimum absolute atomic E-state index is 0.0452. The molecule has 0 spiro atoms. The molecular weight excluding hydrogens is 468 g/mol. The second-order valence-electron chi connectivity index (χ2n) is 13.3. The maximum Gasteiger partial charge on any atom is 0.124 e. The smallest absolute Gasteiger partial charge is 0.124 e. The van der Waals surface area contributed by atoms with E-state index in [4.69, 9.17) is 21.4 Å². The molecule has 0 aliphatic heterocycles. The number of nitrogens with zero attached hydrogens (tertiary/aromatic N) is 2. The SMILES string of the molecule is CC(C)(C)C(N)c1nc2c([nH]1)CCc1cc(-c3ccc4c(c3)CCc3[nH]c([C@@H](N)C(C)(C)C)nc3-4)ccc1-2. The van der Waals surface area contributed by atoms with Gasteiger partial charge in [-0.05, 0) is 58.8 Å². The number of hydrogen-bond donors (Lipinski definition) is 4. The first-order chi connectivity index (χ1) is 17.9. The van der Waals surface area contributed by atoms with Crippen molar-refractivity contribution in [3.8, 4) is 33.6 Å². The summed E-state index contributed by atoms with van der Waals surface area (Å²) in [6.45, 7) is 12.9. The van der Waals surface area contributed by atoms with Crippen molar-refractivity contribution in [1.82, 2.24) is 19.9 Å². The van der Waals surface area contributed by atoms with E-state index in [-0.39, 0.29) is 22.9 Å². The number of hydrogen-bond acceptors (Lipinski definition) is 4. The highest BCUT2D eigenvalue weighted by Crippen LogP contribution is 2.40.